The summed E-state index contributed by atoms with van der Waals surface area (Å²) >= 11 is 0. The van der Waals surface area contributed by atoms with E-state index in [0.717, 1.165) is 39.3 Å². The van der Waals surface area contributed by atoms with Crippen LogP contribution < -0.4 is 25.4 Å². The third-order valence-corrected chi connectivity index (χ3v) is 6.23. The van der Waals surface area contributed by atoms with Crippen LogP contribution in [-0.2, 0) is 14.3 Å². The number of benzene rings is 1. The highest BCUT2D eigenvalue weighted by Gasteiger charge is 2.33. The van der Waals surface area contributed by atoms with Gasteiger partial charge in [-0.1, -0.05) is 0 Å². The van der Waals surface area contributed by atoms with E-state index in [9.17, 15) is 14.7 Å². The van der Waals surface area contributed by atoms with Crippen molar-refractivity contribution in [3.05, 3.63) is 18.2 Å². The molecule has 3 aliphatic rings. The summed E-state index contributed by atoms with van der Waals surface area (Å²) in [6.07, 6.45) is 1.49. The van der Waals surface area contributed by atoms with Crippen molar-refractivity contribution in [2.75, 3.05) is 58.1 Å². The molecule has 11 nitrogen and oxygen atoms in total. The Balaban J connectivity index is 1.15. The number of carbonyl (C=O) groups excluding carboxylic acids is 2. The lowest BCUT2D eigenvalue weighted by molar-refractivity contribution is -0.130. The van der Waals surface area contributed by atoms with Gasteiger partial charge in [-0.2, -0.15) is 0 Å². The van der Waals surface area contributed by atoms with Crippen molar-refractivity contribution in [1.82, 2.24) is 15.5 Å². The molecule has 4 rings (SSSR count). The van der Waals surface area contributed by atoms with Crippen LogP contribution in [0.3, 0.4) is 0 Å². The highest BCUT2D eigenvalue weighted by atomic mass is 16.7. The van der Waals surface area contributed by atoms with E-state index in [1.54, 1.807) is 18.2 Å². The number of hydrogen-bond acceptors (Lipinski definition) is 8. The van der Waals surface area contributed by atoms with Crippen LogP contribution in [0.25, 0.3) is 0 Å². The number of hydrogen-bond donors (Lipinski definition) is 4. The third kappa shape index (κ3) is 6.95. The molecular weight excluding hydrogens is 444 g/mol. The van der Waals surface area contributed by atoms with Gasteiger partial charge in [-0.15, -0.1) is 0 Å². The van der Waals surface area contributed by atoms with Crippen molar-refractivity contribution in [2.24, 2.45) is 0 Å². The molecule has 3 atom stereocenters. The SMILES string of the molecule is O=C(C[C@@H]1CC[C@@H](NC(=O)Nc2ccc3c(c2)OCO3)[C@H](CO)O1)NCCCN1CCOCC1. The van der Waals surface area contributed by atoms with Gasteiger partial charge in [0, 0.05) is 31.4 Å². The van der Waals surface area contributed by atoms with E-state index in [1.807, 2.05) is 0 Å². The first-order valence-electron chi connectivity index (χ1n) is 11.9. The molecule has 188 valence electrons. The van der Waals surface area contributed by atoms with Gasteiger partial charge in [-0.25, -0.2) is 4.79 Å². The summed E-state index contributed by atoms with van der Waals surface area (Å²) < 4.78 is 21.8. The van der Waals surface area contributed by atoms with E-state index in [1.165, 1.54) is 0 Å². The summed E-state index contributed by atoms with van der Waals surface area (Å²) in [5.41, 5.74) is 0.571. The Labute approximate surface area is 199 Å². The van der Waals surface area contributed by atoms with Gasteiger partial charge >= 0.3 is 6.03 Å². The molecule has 0 radical (unpaired) electrons. The number of nitrogens with one attached hydrogen (secondary N) is 3. The Bertz CT molecular complexity index is 834. The van der Waals surface area contributed by atoms with Crippen molar-refractivity contribution in [3.8, 4) is 11.5 Å². The van der Waals surface area contributed by atoms with Gasteiger partial charge in [0.15, 0.2) is 11.5 Å². The second kappa shape index (κ2) is 12.2. The van der Waals surface area contributed by atoms with Gasteiger partial charge in [-0.3, -0.25) is 9.69 Å². The molecule has 3 amide bonds. The number of fused-ring (bicyclic) bond motifs is 1. The number of anilines is 1. The number of rotatable bonds is 9. The number of carbonyl (C=O) groups is 2. The topological polar surface area (TPSA) is 131 Å². The fraction of sp³-hybridized carbons (Fsp3) is 0.652. The van der Waals surface area contributed by atoms with E-state index >= 15 is 0 Å². The summed E-state index contributed by atoms with van der Waals surface area (Å²) in [5, 5.41) is 18.4. The second-order valence-corrected chi connectivity index (χ2v) is 8.69. The van der Waals surface area contributed by atoms with Crippen molar-refractivity contribution >= 4 is 17.6 Å². The lowest BCUT2D eigenvalue weighted by Crippen LogP contribution is -2.52. The molecule has 1 aromatic carbocycles. The van der Waals surface area contributed by atoms with Crippen molar-refractivity contribution < 1.29 is 33.6 Å². The molecule has 34 heavy (non-hydrogen) atoms. The number of urea groups is 1. The monoisotopic (exact) mass is 478 g/mol. The van der Waals surface area contributed by atoms with Crippen LogP contribution in [0.15, 0.2) is 18.2 Å². The maximum atomic E-state index is 12.5. The molecule has 2 fully saturated rings. The van der Waals surface area contributed by atoms with Crippen LogP contribution in [0.4, 0.5) is 10.5 Å². The van der Waals surface area contributed by atoms with Crippen molar-refractivity contribution in [3.63, 3.8) is 0 Å². The van der Waals surface area contributed by atoms with Gasteiger partial charge in [0.25, 0.3) is 0 Å². The summed E-state index contributed by atoms with van der Waals surface area (Å²) in [7, 11) is 0. The highest BCUT2D eigenvalue weighted by molar-refractivity contribution is 5.90. The molecule has 0 aliphatic carbocycles. The summed E-state index contributed by atoms with van der Waals surface area (Å²) in [4.78, 5) is 27.1. The zero-order valence-corrected chi connectivity index (χ0v) is 19.3. The molecule has 0 saturated carbocycles. The van der Waals surface area contributed by atoms with Gasteiger partial charge in [-0.05, 0) is 37.9 Å². The minimum absolute atomic E-state index is 0.0596. The maximum Gasteiger partial charge on any atom is 0.319 e. The average Bonchev–Trinajstić information content (AvgIpc) is 3.31. The van der Waals surface area contributed by atoms with E-state index in [-0.39, 0.29) is 37.9 Å². The van der Waals surface area contributed by atoms with Crippen molar-refractivity contribution in [2.45, 2.75) is 43.9 Å². The number of nitrogens with zero attached hydrogens (tertiary/aromatic N) is 1. The van der Waals surface area contributed by atoms with Crippen LogP contribution in [0.1, 0.15) is 25.7 Å². The highest BCUT2D eigenvalue weighted by Crippen LogP contribution is 2.34. The summed E-state index contributed by atoms with van der Waals surface area (Å²) in [6, 6.07) is 4.40. The quantitative estimate of drug-likeness (QED) is 0.381. The Morgan fingerprint density at radius 1 is 1.12 bits per heavy atom. The first-order chi connectivity index (χ1) is 16.6. The molecule has 3 heterocycles. The Morgan fingerprint density at radius 3 is 2.76 bits per heavy atom. The summed E-state index contributed by atoms with van der Waals surface area (Å²) in [5.74, 6) is 1.16. The number of morpholine rings is 1. The number of ether oxygens (including phenoxy) is 4. The second-order valence-electron chi connectivity index (χ2n) is 8.69. The van der Waals surface area contributed by atoms with Crippen LogP contribution in [-0.4, -0.2) is 93.0 Å². The molecule has 4 N–H and O–H groups in total. The van der Waals surface area contributed by atoms with Crippen LogP contribution in [0, 0.1) is 0 Å². The van der Waals surface area contributed by atoms with Crippen LogP contribution in [0.2, 0.25) is 0 Å². The predicted molar refractivity (Wildman–Crippen MR) is 123 cm³/mol. The van der Waals surface area contributed by atoms with Crippen molar-refractivity contribution in [1.29, 1.82) is 0 Å². The van der Waals surface area contributed by atoms with Gasteiger partial charge in [0.1, 0.15) is 6.10 Å². The molecule has 1 aromatic rings. The molecule has 2 saturated heterocycles. The Hall–Kier alpha value is -2.60. The number of aliphatic hydroxyl groups is 1. The first kappa shape index (κ1) is 24.5. The maximum absolute atomic E-state index is 12.5. The Morgan fingerprint density at radius 2 is 1.94 bits per heavy atom. The lowest BCUT2D eigenvalue weighted by atomic mass is 9.97. The fourth-order valence-corrected chi connectivity index (χ4v) is 4.39. The zero-order valence-electron chi connectivity index (χ0n) is 19.3. The average molecular weight is 479 g/mol. The van der Waals surface area contributed by atoms with E-state index < -0.39 is 12.1 Å². The van der Waals surface area contributed by atoms with Crippen LogP contribution >= 0.6 is 0 Å². The standard InChI is InChI=1S/C23H34N4O7/c28-14-21-18(26-23(30)25-16-2-5-19-20(12-16)33-15-32-19)4-3-17(34-21)13-22(29)24-6-1-7-27-8-10-31-11-9-27/h2,5,12,17-18,21,28H,1,3-4,6-11,13-15H2,(H,24,29)(H2,25,26,30)/t17-,18+,21-/m0/s1. The number of aliphatic hydroxyl groups excluding tert-OH is 1. The Kier molecular flexibility index (Phi) is 8.80. The first-order valence-corrected chi connectivity index (χ1v) is 11.9. The lowest BCUT2D eigenvalue weighted by Gasteiger charge is -2.36. The van der Waals surface area contributed by atoms with E-state index in [0.29, 0.717) is 36.6 Å². The molecular formula is C23H34N4O7. The predicted octanol–water partition coefficient (Wildman–Crippen LogP) is 0.674. The van der Waals surface area contributed by atoms with Gasteiger partial charge < -0.3 is 40.0 Å². The van der Waals surface area contributed by atoms with E-state index in [4.69, 9.17) is 18.9 Å². The smallest absolute Gasteiger partial charge is 0.319 e. The minimum Gasteiger partial charge on any atom is -0.454 e. The van der Waals surface area contributed by atoms with Gasteiger partial charge in [0.2, 0.25) is 12.7 Å². The largest absolute Gasteiger partial charge is 0.454 e. The molecule has 0 aromatic heterocycles. The van der Waals surface area contributed by atoms with E-state index in [2.05, 4.69) is 20.9 Å². The molecule has 11 heteroatoms. The van der Waals surface area contributed by atoms with Crippen LogP contribution in [0.5, 0.6) is 11.5 Å². The normalized spacial score (nSPS) is 24.4. The number of amides is 3. The zero-order chi connectivity index (χ0) is 23.8. The fourth-order valence-electron chi connectivity index (χ4n) is 4.39. The minimum atomic E-state index is -0.574. The molecule has 0 bridgehead atoms. The molecule has 3 aliphatic heterocycles. The molecule has 0 spiro atoms. The van der Waals surface area contributed by atoms with Gasteiger partial charge in [0.05, 0.1) is 38.4 Å². The molecule has 0 unspecified atom stereocenters. The summed E-state index contributed by atoms with van der Waals surface area (Å²) in [6.45, 7) is 4.91. The third-order valence-electron chi connectivity index (χ3n) is 6.23.